The van der Waals surface area contributed by atoms with Crippen LogP contribution in [-0.4, -0.2) is 78.1 Å². The maximum absolute atomic E-state index is 13.7. The Bertz CT molecular complexity index is 1340. The van der Waals surface area contributed by atoms with E-state index in [-0.39, 0.29) is 41.9 Å². The lowest BCUT2D eigenvalue weighted by molar-refractivity contribution is -0.145. The molecule has 11 heteroatoms. The van der Waals surface area contributed by atoms with Crippen molar-refractivity contribution in [3.63, 3.8) is 0 Å². The van der Waals surface area contributed by atoms with Gasteiger partial charge in [0.2, 0.25) is 5.91 Å². The molecule has 2 aromatic rings. The van der Waals surface area contributed by atoms with Gasteiger partial charge in [0.1, 0.15) is 5.75 Å². The average Bonchev–Trinajstić information content (AvgIpc) is 3.01. The Morgan fingerprint density at radius 2 is 1.64 bits per heavy atom. The highest BCUT2D eigenvalue weighted by Gasteiger charge is 2.44. The molecule has 2 heterocycles. The predicted molar refractivity (Wildman–Crippen MR) is 154 cm³/mol. The number of methoxy groups -OCH3 is 2. The third-order valence-corrected chi connectivity index (χ3v) is 8.57. The fourth-order valence-corrected chi connectivity index (χ4v) is 6.39. The molecule has 0 radical (unpaired) electrons. The molecular weight excluding hydrogens is 540 g/mol. The van der Waals surface area contributed by atoms with Crippen molar-refractivity contribution in [1.29, 1.82) is 0 Å². The van der Waals surface area contributed by atoms with Crippen molar-refractivity contribution in [2.24, 2.45) is 22.7 Å². The van der Waals surface area contributed by atoms with Gasteiger partial charge in [-0.1, -0.05) is 25.0 Å². The Morgan fingerprint density at radius 1 is 0.976 bits per heavy atom. The average molecular weight is 579 g/mol. The number of hydrogen-bond acceptors (Lipinski definition) is 8. The van der Waals surface area contributed by atoms with E-state index >= 15 is 0 Å². The highest BCUT2D eigenvalue weighted by atomic mass is 16.6. The first-order valence-electron chi connectivity index (χ1n) is 14.5. The van der Waals surface area contributed by atoms with Crippen LogP contribution >= 0.6 is 0 Å². The Hall–Kier alpha value is -4.28. The van der Waals surface area contributed by atoms with Gasteiger partial charge in [-0.05, 0) is 61.6 Å². The first kappa shape index (κ1) is 29.2. The zero-order valence-electron chi connectivity index (χ0n) is 24.0. The molecule has 224 valence electrons. The minimum absolute atomic E-state index is 0.0499. The quantitative estimate of drug-likeness (QED) is 0.488. The first-order valence-corrected chi connectivity index (χ1v) is 14.5. The van der Waals surface area contributed by atoms with Crippen molar-refractivity contribution in [2.45, 2.75) is 57.1 Å². The number of carbonyl (C=O) groups is 3. The number of phenols is 1. The highest BCUT2D eigenvalue weighted by Crippen LogP contribution is 2.40. The molecule has 0 bridgehead atoms. The third-order valence-electron chi connectivity index (χ3n) is 8.57. The third kappa shape index (κ3) is 6.14. The zero-order chi connectivity index (χ0) is 29.8. The number of piperidine rings is 1. The minimum atomic E-state index is -1.09. The van der Waals surface area contributed by atoms with Gasteiger partial charge in [-0.2, -0.15) is 5.10 Å². The van der Waals surface area contributed by atoms with Gasteiger partial charge in [0.15, 0.2) is 17.6 Å². The molecule has 2 aliphatic heterocycles. The number of carbonyl (C=O) groups excluding carboxylic acids is 3. The zero-order valence-corrected chi connectivity index (χ0v) is 24.0. The highest BCUT2D eigenvalue weighted by molar-refractivity contribution is 6.07. The molecule has 3 aliphatic rings. The van der Waals surface area contributed by atoms with Gasteiger partial charge in [-0.3, -0.25) is 9.59 Å². The fourth-order valence-electron chi connectivity index (χ4n) is 6.39. The Balaban J connectivity index is 1.33. The number of likely N-dealkylation sites (tertiary alicyclic amines) is 1. The molecule has 1 saturated heterocycles. The number of phenolic OH excluding ortho intramolecular Hbond substituents is 1. The van der Waals surface area contributed by atoms with Crippen LogP contribution in [0.5, 0.6) is 17.2 Å². The predicted octanol–water partition coefficient (Wildman–Crippen LogP) is 3.46. The number of hydrazone groups is 1. The molecular formula is C31H38N4O7. The molecule has 3 atom stereocenters. The second kappa shape index (κ2) is 12.7. The molecule has 1 aliphatic carbocycles. The van der Waals surface area contributed by atoms with Crippen molar-refractivity contribution >= 4 is 23.6 Å². The van der Waals surface area contributed by atoms with E-state index in [0.29, 0.717) is 37.4 Å². The van der Waals surface area contributed by atoms with Crippen LogP contribution < -0.4 is 15.2 Å². The van der Waals surface area contributed by atoms with Crippen LogP contribution in [0.3, 0.4) is 0 Å². The van der Waals surface area contributed by atoms with Crippen molar-refractivity contribution in [3.05, 3.63) is 53.6 Å². The standard InChI is InChI=1S/C31H38N4O7/c1-40-25-12-9-20(18-26(25)41-2)28-23-5-3-4-6-24(23)29(37)35(33-28)21-13-15-34(16-14-21)30(38)27(42-31(32)39)17-19-7-10-22(36)11-8-19/h7-12,18,21,23-24,27,36H,3-6,13-17H2,1-2H3,(H2,32,39)/t23-,24+,27+/m0/s1. The van der Waals surface area contributed by atoms with Gasteiger partial charge in [-0.25, -0.2) is 9.80 Å². The molecule has 42 heavy (non-hydrogen) atoms. The van der Waals surface area contributed by atoms with Crippen molar-refractivity contribution in [3.8, 4) is 17.2 Å². The normalized spacial score (nSPS) is 21.7. The van der Waals surface area contributed by atoms with Crippen molar-refractivity contribution in [2.75, 3.05) is 27.3 Å². The Labute approximate surface area is 245 Å². The largest absolute Gasteiger partial charge is 0.508 e. The number of benzene rings is 2. The van der Waals surface area contributed by atoms with Gasteiger partial charge < -0.3 is 30.0 Å². The van der Waals surface area contributed by atoms with E-state index in [1.54, 1.807) is 36.3 Å². The summed E-state index contributed by atoms with van der Waals surface area (Å²) < 4.78 is 16.2. The van der Waals surface area contributed by atoms with Crippen LogP contribution in [0.15, 0.2) is 47.6 Å². The summed E-state index contributed by atoms with van der Waals surface area (Å²) in [6, 6.07) is 11.9. The van der Waals surface area contributed by atoms with Crippen molar-refractivity contribution < 1.29 is 33.7 Å². The van der Waals surface area contributed by atoms with Crippen LogP contribution in [0.1, 0.15) is 49.7 Å². The lowest BCUT2D eigenvalue weighted by atomic mass is 9.73. The number of nitrogens with zero attached hydrogens (tertiary/aromatic N) is 3. The number of fused-ring (bicyclic) bond motifs is 1. The minimum Gasteiger partial charge on any atom is -0.508 e. The summed E-state index contributed by atoms with van der Waals surface area (Å²) in [5.74, 6) is 0.977. The van der Waals surface area contributed by atoms with Crippen molar-refractivity contribution in [1.82, 2.24) is 9.91 Å². The number of aromatic hydroxyl groups is 1. The Morgan fingerprint density at radius 3 is 2.29 bits per heavy atom. The summed E-state index contributed by atoms with van der Waals surface area (Å²) in [6.45, 7) is 0.771. The number of ether oxygens (including phenoxy) is 3. The molecule has 11 nitrogen and oxygen atoms in total. The SMILES string of the molecule is COc1ccc(C2=NN(C3CCN(C(=O)[C@@H](Cc4ccc(O)cc4)OC(N)=O)CC3)C(=O)[C@@H]3CCCC[C@H]23)cc1OC. The number of amides is 3. The van der Waals surface area contributed by atoms with Gasteiger partial charge in [0.05, 0.1) is 26.0 Å². The molecule has 0 aromatic heterocycles. The van der Waals surface area contributed by atoms with Crippen LogP contribution in [0.4, 0.5) is 4.79 Å². The summed E-state index contributed by atoms with van der Waals surface area (Å²) in [5, 5.41) is 16.2. The second-order valence-corrected chi connectivity index (χ2v) is 11.1. The van der Waals surface area contributed by atoms with E-state index in [4.69, 9.17) is 25.0 Å². The lowest BCUT2D eigenvalue weighted by Crippen LogP contribution is -2.54. The van der Waals surface area contributed by atoms with Crippen LogP contribution in [-0.2, 0) is 20.7 Å². The summed E-state index contributed by atoms with van der Waals surface area (Å²) in [4.78, 5) is 40.4. The van der Waals surface area contributed by atoms with Gasteiger partial charge >= 0.3 is 6.09 Å². The maximum Gasteiger partial charge on any atom is 0.405 e. The number of rotatable bonds is 8. The van der Waals surface area contributed by atoms with Crippen LogP contribution in [0.2, 0.25) is 0 Å². The topological polar surface area (TPSA) is 144 Å². The summed E-state index contributed by atoms with van der Waals surface area (Å²) in [6.07, 6.45) is 2.90. The van der Waals surface area contributed by atoms with Crippen LogP contribution in [0.25, 0.3) is 0 Å². The smallest absolute Gasteiger partial charge is 0.405 e. The van der Waals surface area contributed by atoms with E-state index in [1.807, 2.05) is 18.2 Å². The summed E-state index contributed by atoms with van der Waals surface area (Å²) in [7, 11) is 3.20. The van der Waals surface area contributed by atoms with Gasteiger partial charge in [0.25, 0.3) is 5.91 Å². The fraction of sp³-hybridized carbons (Fsp3) is 0.484. The van der Waals surface area contributed by atoms with Crippen LogP contribution in [0, 0.1) is 11.8 Å². The summed E-state index contributed by atoms with van der Waals surface area (Å²) in [5.41, 5.74) is 7.80. The van der Waals surface area contributed by atoms with E-state index in [2.05, 4.69) is 0 Å². The molecule has 0 unspecified atom stereocenters. The maximum atomic E-state index is 13.7. The molecule has 2 aromatic carbocycles. The van der Waals surface area contributed by atoms with E-state index < -0.39 is 12.2 Å². The van der Waals surface area contributed by atoms with E-state index in [9.17, 15) is 19.5 Å². The molecule has 1 saturated carbocycles. The van der Waals surface area contributed by atoms with Gasteiger partial charge in [0, 0.05) is 36.9 Å². The Kier molecular flexibility index (Phi) is 8.84. The monoisotopic (exact) mass is 578 g/mol. The van der Waals surface area contributed by atoms with E-state index in [1.165, 1.54) is 12.1 Å². The lowest BCUT2D eigenvalue weighted by Gasteiger charge is -2.43. The molecule has 3 N–H and O–H groups in total. The molecule has 3 amide bonds. The first-order chi connectivity index (χ1) is 20.3. The van der Waals surface area contributed by atoms with E-state index in [0.717, 1.165) is 42.5 Å². The number of hydrogen-bond donors (Lipinski definition) is 2. The second-order valence-electron chi connectivity index (χ2n) is 11.1. The molecule has 2 fully saturated rings. The molecule has 0 spiro atoms. The number of primary amides is 1. The van der Waals surface area contributed by atoms with Gasteiger partial charge in [-0.15, -0.1) is 0 Å². The number of nitrogens with two attached hydrogens (primary N) is 1. The summed E-state index contributed by atoms with van der Waals surface area (Å²) >= 11 is 0. The molecule has 5 rings (SSSR count).